The minimum Gasteiger partial charge on any atom is -0.464 e. The fourth-order valence-corrected chi connectivity index (χ4v) is 3.63. The third-order valence-electron chi connectivity index (χ3n) is 3.51. The Morgan fingerprint density at radius 3 is 2.64 bits per heavy atom. The first kappa shape index (κ1) is 19.9. The Bertz CT molecular complexity index is 400. The number of rotatable bonds is 9. The van der Waals surface area contributed by atoms with E-state index in [4.69, 9.17) is 9.47 Å². The molecular formula is C13H26NO6PS. The smallest absolute Gasteiger partial charge is 0.386 e. The standard InChI is InChI=1S/C13H26NO6PS/c1-13(2,4-5-14-6-8-19-9-7-14)12(15)20-10-11-22-21(16,17)18-3/h4-11H2,1-3H3,(H,16,17). The van der Waals surface area contributed by atoms with Crippen LogP contribution in [0.25, 0.3) is 0 Å². The molecule has 0 radical (unpaired) electrons. The molecule has 1 aliphatic rings. The molecule has 22 heavy (non-hydrogen) atoms. The molecule has 0 aromatic rings. The predicted molar refractivity (Wildman–Crippen MR) is 85.9 cm³/mol. The molecule has 0 bridgehead atoms. The van der Waals surface area contributed by atoms with E-state index >= 15 is 0 Å². The van der Waals surface area contributed by atoms with Crippen molar-refractivity contribution in [2.24, 2.45) is 5.41 Å². The summed E-state index contributed by atoms with van der Waals surface area (Å²) in [6.07, 6.45) is 0.704. The molecule has 1 heterocycles. The van der Waals surface area contributed by atoms with E-state index in [1.165, 1.54) is 7.11 Å². The van der Waals surface area contributed by atoms with E-state index < -0.39 is 12.2 Å². The van der Waals surface area contributed by atoms with E-state index in [1.807, 2.05) is 13.8 Å². The Labute approximate surface area is 136 Å². The van der Waals surface area contributed by atoms with Gasteiger partial charge >= 0.3 is 12.8 Å². The molecule has 1 fully saturated rings. The van der Waals surface area contributed by atoms with E-state index in [0.717, 1.165) is 44.2 Å². The normalized spacial score (nSPS) is 19.6. The van der Waals surface area contributed by atoms with Crippen LogP contribution in [-0.2, 0) is 23.4 Å². The summed E-state index contributed by atoms with van der Waals surface area (Å²) in [6.45, 7) is 4.30. The summed E-state index contributed by atoms with van der Waals surface area (Å²) in [5, 5.41) is 0. The maximum Gasteiger partial charge on any atom is 0.386 e. The van der Waals surface area contributed by atoms with Crippen molar-refractivity contribution in [1.29, 1.82) is 0 Å². The lowest BCUT2D eigenvalue weighted by atomic mass is 9.89. The molecule has 0 aliphatic carbocycles. The van der Waals surface area contributed by atoms with Crippen molar-refractivity contribution in [2.45, 2.75) is 20.3 Å². The number of nitrogens with zero attached hydrogens (tertiary/aromatic N) is 1. The zero-order chi connectivity index (χ0) is 16.6. The molecule has 1 aliphatic heterocycles. The van der Waals surface area contributed by atoms with E-state index in [2.05, 4.69) is 9.42 Å². The SMILES string of the molecule is COP(=O)(O)SCCOC(=O)C(C)(C)CCN1CCOCC1. The Morgan fingerprint density at radius 2 is 2.05 bits per heavy atom. The fraction of sp³-hybridized carbons (Fsp3) is 0.923. The zero-order valence-corrected chi connectivity index (χ0v) is 15.2. The van der Waals surface area contributed by atoms with E-state index in [0.29, 0.717) is 6.42 Å². The second-order valence-electron chi connectivity index (χ2n) is 5.71. The predicted octanol–water partition coefficient (Wildman–Crippen LogP) is 1.76. The summed E-state index contributed by atoms with van der Waals surface area (Å²) in [5.41, 5.74) is -0.576. The molecule has 1 rings (SSSR count). The third-order valence-corrected chi connectivity index (χ3v) is 6.62. The van der Waals surface area contributed by atoms with Gasteiger partial charge in [0.25, 0.3) is 0 Å². The average molecular weight is 355 g/mol. The minimum atomic E-state index is -3.60. The van der Waals surface area contributed by atoms with Gasteiger partial charge in [-0.2, -0.15) is 0 Å². The number of morpholine rings is 1. The van der Waals surface area contributed by atoms with E-state index in [9.17, 15) is 14.3 Å². The number of hydrogen-bond donors (Lipinski definition) is 1. The summed E-state index contributed by atoms with van der Waals surface area (Å²) in [4.78, 5) is 23.6. The maximum absolute atomic E-state index is 12.1. The number of carbonyl (C=O) groups is 1. The Balaban J connectivity index is 2.25. The van der Waals surface area contributed by atoms with Crippen molar-refractivity contribution in [1.82, 2.24) is 4.90 Å². The summed E-state index contributed by atoms with van der Waals surface area (Å²) >= 11 is 0.757. The lowest BCUT2D eigenvalue weighted by Gasteiger charge is -2.30. The van der Waals surface area contributed by atoms with Gasteiger partial charge in [-0.25, -0.2) is 4.57 Å². The van der Waals surface area contributed by atoms with Crippen LogP contribution in [0.1, 0.15) is 20.3 Å². The van der Waals surface area contributed by atoms with Crippen LogP contribution < -0.4 is 0 Å². The van der Waals surface area contributed by atoms with Crippen molar-refractivity contribution in [2.75, 3.05) is 52.3 Å². The molecule has 1 saturated heterocycles. The van der Waals surface area contributed by atoms with E-state index in [1.54, 1.807) is 0 Å². The van der Waals surface area contributed by atoms with Crippen molar-refractivity contribution in [3.8, 4) is 0 Å². The van der Waals surface area contributed by atoms with Gasteiger partial charge in [-0.1, -0.05) is 0 Å². The molecule has 1 unspecified atom stereocenters. The van der Waals surface area contributed by atoms with Crippen LogP contribution in [0.15, 0.2) is 0 Å². The summed E-state index contributed by atoms with van der Waals surface area (Å²) < 4.78 is 26.2. The molecule has 1 N–H and O–H groups in total. The molecule has 0 aromatic carbocycles. The van der Waals surface area contributed by atoms with Gasteiger partial charge < -0.3 is 18.9 Å². The van der Waals surface area contributed by atoms with Gasteiger partial charge in [0.1, 0.15) is 6.61 Å². The molecule has 1 atom stereocenters. The summed E-state index contributed by atoms with van der Waals surface area (Å²) in [7, 11) is 1.18. The zero-order valence-electron chi connectivity index (χ0n) is 13.4. The topological polar surface area (TPSA) is 85.3 Å². The van der Waals surface area contributed by atoms with Crippen LogP contribution in [0.4, 0.5) is 0 Å². The molecule has 0 spiro atoms. The van der Waals surface area contributed by atoms with Gasteiger partial charge in [-0.05, 0) is 38.2 Å². The first-order valence-electron chi connectivity index (χ1n) is 7.27. The highest BCUT2D eigenvalue weighted by atomic mass is 32.7. The number of ether oxygens (including phenoxy) is 2. The molecule has 9 heteroatoms. The van der Waals surface area contributed by atoms with Crippen molar-refractivity contribution in [3.05, 3.63) is 0 Å². The van der Waals surface area contributed by atoms with Gasteiger partial charge in [0, 0.05) is 26.0 Å². The van der Waals surface area contributed by atoms with Gasteiger partial charge in [-0.3, -0.25) is 9.69 Å². The van der Waals surface area contributed by atoms with Crippen molar-refractivity contribution >= 4 is 24.1 Å². The quantitative estimate of drug-likeness (QED) is 0.380. The Hall–Kier alpha value is -0.110. The first-order chi connectivity index (χ1) is 10.3. The molecule has 0 amide bonds. The van der Waals surface area contributed by atoms with Gasteiger partial charge in [0.15, 0.2) is 0 Å². The molecule has 0 saturated carbocycles. The minimum absolute atomic E-state index is 0.0956. The number of carbonyl (C=O) groups excluding carboxylic acids is 1. The van der Waals surface area contributed by atoms with Gasteiger partial charge in [0.05, 0.1) is 18.6 Å². The molecule has 7 nitrogen and oxygen atoms in total. The lowest BCUT2D eigenvalue weighted by Crippen LogP contribution is -2.39. The van der Waals surface area contributed by atoms with Gasteiger partial charge in [-0.15, -0.1) is 0 Å². The summed E-state index contributed by atoms with van der Waals surface area (Å²) in [6, 6.07) is 0. The highest BCUT2D eigenvalue weighted by Gasteiger charge is 2.30. The number of hydrogen-bond acceptors (Lipinski definition) is 7. The third kappa shape index (κ3) is 7.44. The molecule has 130 valence electrons. The number of esters is 1. The Morgan fingerprint density at radius 1 is 1.41 bits per heavy atom. The highest BCUT2D eigenvalue weighted by Crippen LogP contribution is 2.54. The fourth-order valence-electron chi connectivity index (χ4n) is 1.90. The van der Waals surface area contributed by atoms with Gasteiger partial charge in [0.2, 0.25) is 0 Å². The highest BCUT2D eigenvalue weighted by molar-refractivity contribution is 8.54. The van der Waals surface area contributed by atoms with Crippen LogP contribution in [0.5, 0.6) is 0 Å². The van der Waals surface area contributed by atoms with E-state index in [-0.39, 0.29) is 18.3 Å². The Kier molecular flexibility index (Phi) is 8.38. The lowest BCUT2D eigenvalue weighted by molar-refractivity contribution is -0.153. The first-order valence-corrected chi connectivity index (χ1v) is 10.4. The molecular weight excluding hydrogens is 329 g/mol. The van der Waals surface area contributed by atoms with Crippen LogP contribution in [0.3, 0.4) is 0 Å². The second kappa shape index (κ2) is 9.25. The van der Waals surface area contributed by atoms with Crippen LogP contribution >= 0.6 is 18.2 Å². The van der Waals surface area contributed by atoms with Crippen molar-refractivity contribution in [3.63, 3.8) is 0 Å². The van der Waals surface area contributed by atoms with Crippen LogP contribution in [0, 0.1) is 5.41 Å². The maximum atomic E-state index is 12.1. The van der Waals surface area contributed by atoms with Crippen LogP contribution in [-0.4, -0.2) is 68.1 Å². The molecule has 0 aromatic heterocycles. The average Bonchev–Trinajstić information content (AvgIpc) is 2.50. The van der Waals surface area contributed by atoms with Crippen LogP contribution in [0.2, 0.25) is 0 Å². The largest absolute Gasteiger partial charge is 0.464 e. The van der Waals surface area contributed by atoms with Crippen molar-refractivity contribution < 1.29 is 28.3 Å². The second-order valence-corrected chi connectivity index (χ2v) is 9.84. The summed E-state index contributed by atoms with van der Waals surface area (Å²) in [5.74, 6) is -0.0565. The monoisotopic (exact) mass is 355 g/mol.